The first-order chi connectivity index (χ1) is 16.3. The summed E-state index contributed by atoms with van der Waals surface area (Å²) in [4.78, 5) is 31.8. The first-order valence-corrected chi connectivity index (χ1v) is 11.4. The van der Waals surface area contributed by atoms with E-state index in [9.17, 15) is 14.0 Å². The summed E-state index contributed by atoms with van der Waals surface area (Å²) < 4.78 is 25.0. The second kappa shape index (κ2) is 8.47. The fraction of sp³-hybridized carbons (Fsp3) is 0.375. The van der Waals surface area contributed by atoms with Crippen molar-refractivity contribution >= 4 is 40.5 Å². The molecule has 2 fully saturated rings. The lowest BCUT2D eigenvalue weighted by Gasteiger charge is -2.38. The zero-order valence-electron chi connectivity index (χ0n) is 18.7. The minimum atomic E-state index is -0.721. The molecule has 2 N–H and O–H groups in total. The average molecular weight is 487 g/mol. The van der Waals surface area contributed by atoms with E-state index in [4.69, 9.17) is 20.8 Å². The van der Waals surface area contributed by atoms with Crippen LogP contribution in [0.2, 0.25) is 5.02 Å². The maximum atomic E-state index is 13.8. The average Bonchev–Trinajstić information content (AvgIpc) is 3.44. The van der Waals surface area contributed by atoms with Gasteiger partial charge in [-0.05, 0) is 49.6 Å². The summed E-state index contributed by atoms with van der Waals surface area (Å²) in [6, 6.07) is 8.82. The van der Waals surface area contributed by atoms with Crippen LogP contribution in [0, 0.1) is 0 Å². The number of anilines is 1. The second-order valence-electron chi connectivity index (χ2n) is 8.83. The molecule has 2 heterocycles. The van der Waals surface area contributed by atoms with E-state index in [0.717, 1.165) is 12.8 Å². The lowest BCUT2D eigenvalue weighted by Crippen LogP contribution is -2.61. The number of fused-ring (bicyclic) bond motifs is 1. The Labute approximate surface area is 200 Å². The Morgan fingerprint density at radius 3 is 2.88 bits per heavy atom. The van der Waals surface area contributed by atoms with Gasteiger partial charge in [0.2, 0.25) is 5.91 Å². The number of rotatable bonds is 6. The molecule has 2 amide bonds. The smallest absolute Gasteiger partial charge is 0.296 e. The van der Waals surface area contributed by atoms with Gasteiger partial charge in [-0.15, -0.1) is 0 Å². The van der Waals surface area contributed by atoms with Crippen LogP contribution in [0.4, 0.5) is 10.4 Å². The Balaban J connectivity index is 1.45. The number of nitrogens with zero attached hydrogens (tertiary/aromatic N) is 2. The van der Waals surface area contributed by atoms with Crippen LogP contribution >= 0.6 is 11.6 Å². The number of aromatic nitrogens is 1. The van der Waals surface area contributed by atoms with Gasteiger partial charge >= 0.3 is 0 Å². The number of nitrogens with one attached hydrogen (secondary N) is 2. The molecular weight excluding hydrogens is 463 g/mol. The van der Waals surface area contributed by atoms with E-state index in [-0.39, 0.29) is 23.4 Å². The number of carbonyl (C=O) groups excluding carboxylic acids is 2. The van der Waals surface area contributed by atoms with Crippen molar-refractivity contribution in [2.45, 2.75) is 37.4 Å². The largest absolute Gasteiger partial charge is 0.493 e. The third kappa shape index (κ3) is 4.04. The number of methoxy groups -OCH3 is 1. The Morgan fingerprint density at radius 2 is 2.21 bits per heavy atom. The van der Waals surface area contributed by atoms with Crippen LogP contribution in [0.1, 0.15) is 41.7 Å². The summed E-state index contributed by atoms with van der Waals surface area (Å²) >= 11 is 6.04. The van der Waals surface area contributed by atoms with Crippen molar-refractivity contribution in [3.63, 3.8) is 0 Å². The highest BCUT2D eigenvalue weighted by Crippen LogP contribution is 2.40. The summed E-state index contributed by atoms with van der Waals surface area (Å²) in [7, 11) is 1.46. The van der Waals surface area contributed by atoms with Gasteiger partial charge in [0.25, 0.3) is 11.9 Å². The Hall–Kier alpha value is -3.33. The van der Waals surface area contributed by atoms with Gasteiger partial charge in [-0.3, -0.25) is 9.59 Å². The monoisotopic (exact) mass is 486 g/mol. The summed E-state index contributed by atoms with van der Waals surface area (Å²) in [5, 5.41) is 6.45. The molecule has 1 unspecified atom stereocenters. The Bertz CT molecular complexity index is 1280. The molecule has 1 aliphatic carbocycles. The van der Waals surface area contributed by atoms with Gasteiger partial charge in [0, 0.05) is 17.1 Å². The van der Waals surface area contributed by atoms with E-state index in [2.05, 4.69) is 15.6 Å². The number of carbonyl (C=O) groups is 2. The van der Waals surface area contributed by atoms with Crippen molar-refractivity contribution in [2.24, 2.45) is 0 Å². The quantitative estimate of drug-likeness (QED) is 0.544. The number of amides is 2. The lowest BCUT2D eigenvalue weighted by atomic mass is 10.1. The van der Waals surface area contributed by atoms with E-state index in [0.29, 0.717) is 39.5 Å². The third-order valence-electron chi connectivity index (χ3n) is 6.45. The molecule has 8 nitrogen and oxygen atoms in total. The normalized spacial score (nSPS) is 19.7. The molecule has 1 saturated carbocycles. The van der Waals surface area contributed by atoms with Gasteiger partial charge in [-0.2, -0.15) is 4.98 Å². The molecule has 178 valence electrons. The SMILES string of the molecule is COc1cc(C(=O)N2CC3(CC3)NC(=O)C2C)cc2nc(N[C@@H](CF)c3cccc(Cl)c3)oc12. The highest BCUT2D eigenvalue weighted by atomic mass is 35.5. The van der Waals surface area contributed by atoms with Crippen LogP contribution < -0.4 is 15.4 Å². The number of ether oxygens (including phenoxy) is 1. The molecule has 2 aliphatic rings. The Kier molecular flexibility index (Phi) is 5.59. The molecule has 5 rings (SSSR count). The van der Waals surface area contributed by atoms with Gasteiger partial charge in [-0.1, -0.05) is 23.7 Å². The number of piperazine rings is 1. The van der Waals surface area contributed by atoms with Crippen LogP contribution in [-0.4, -0.2) is 53.6 Å². The molecule has 34 heavy (non-hydrogen) atoms. The minimum Gasteiger partial charge on any atom is -0.493 e. The number of alkyl halides is 1. The molecule has 0 bridgehead atoms. The molecule has 1 saturated heterocycles. The molecule has 1 aliphatic heterocycles. The Morgan fingerprint density at radius 1 is 1.41 bits per heavy atom. The molecule has 1 spiro atoms. The van der Waals surface area contributed by atoms with Crippen molar-refractivity contribution < 1.29 is 23.1 Å². The topological polar surface area (TPSA) is 96.7 Å². The first kappa shape index (κ1) is 22.5. The highest BCUT2D eigenvalue weighted by molar-refractivity contribution is 6.30. The molecule has 2 atom stereocenters. The molecular formula is C24H24ClFN4O4. The summed E-state index contributed by atoms with van der Waals surface area (Å²) in [6.45, 7) is 1.46. The fourth-order valence-corrected chi connectivity index (χ4v) is 4.48. The van der Waals surface area contributed by atoms with Gasteiger partial charge in [-0.25, -0.2) is 4.39 Å². The standard InChI is InChI=1S/C24H24ClFN4O4/c1-13-21(31)29-24(6-7-24)12-30(13)22(32)15-9-17-20(19(10-15)33-2)34-23(27-17)28-18(11-26)14-4-3-5-16(25)8-14/h3-5,8-10,13,18H,6-7,11-12H2,1-2H3,(H,27,28)(H,29,31)/t13?,18-/m0/s1. The molecule has 2 aromatic carbocycles. The predicted molar refractivity (Wildman–Crippen MR) is 125 cm³/mol. The van der Waals surface area contributed by atoms with Crippen molar-refractivity contribution in [3.8, 4) is 5.75 Å². The maximum Gasteiger partial charge on any atom is 0.296 e. The third-order valence-corrected chi connectivity index (χ3v) is 6.68. The van der Waals surface area contributed by atoms with E-state index < -0.39 is 18.8 Å². The van der Waals surface area contributed by atoms with Gasteiger partial charge in [0.15, 0.2) is 11.3 Å². The summed E-state index contributed by atoms with van der Waals surface area (Å²) in [5.74, 6) is -0.126. The van der Waals surface area contributed by atoms with Crippen molar-refractivity contribution in [2.75, 3.05) is 25.6 Å². The first-order valence-electron chi connectivity index (χ1n) is 11.0. The van der Waals surface area contributed by atoms with Crippen molar-refractivity contribution in [1.82, 2.24) is 15.2 Å². The summed E-state index contributed by atoms with van der Waals surface area (Å²) in [5.41, 5.74) is 1.38. The van der Waals surface area contributed by atoms with Crippen LogP contribution in [0.3, 0.4) is 0 Å². The van der Waals surface area contributed by atoms with E-state index in [1.807, 2.05) is 0 Å². The number of halogens is 2. The zero-order valence-corrected chi connectivity index (χ0v) is 19.5. The predicted octanol–water partition coefficient (Wildman–Crippen LogP) is 4.11. The van der Waals surface area contributed by atoms with E-state index in [1.165, 1.54) is 7.11 Å². The zero-order chi connectivity index (χ0) is 24.0. The summed E-state index contributed by atoms with van der Waals surface area (Å²) in [6.07, 6.45) is 1.72. The van der Waals surface area contributed by atoms with Crippen LogP contribution in [0.25, 0.3) is 11.1 Å². The highest BCUT2D eigenvalue weighted by Gasteiger charge is 2.51. The number of oxazole rings is 1. The van der Waals surface area contributed by atoms with E-state index in [1.54, 1.807) is 48.2 Å². The van der Waals surface area contributed by atoms with Gasteiger partial charge in [0.1, 0.15) is 18.2 Å². The van der Waals surface area contributed by atoms with Crippen molar-refractivity contribution in [1.29, 1.82) is 0 Å². The fourth-order valence-electron chi connectivity index (χ4n) is 4.28. The van der Waals surface area contributed by atoms with Crippen LogP contribution in [0.5, 0.6) is 5.75 Å². The van der Waals surface area contributed by atoms with E-state index >= 15 is 0 Å². The number of hydrogen-bond acceptors (Lipinski definition) is 6. The molecule has 0 radical (unpaired) electrons. The van der Waals surface area contributed by atoms with Crippen molar-refractivity contribution in [3.05, 3.63) is 52.5 Å². The maximum absolute atomic E-state index is 13.8. The number of benzene rings is 2. The molecule has 10 heteroatoms. The lowest BCUT2D eigenvalue weighted by molar-refractivity contribution is -0.129. The molecule has 3 aromatic rings. The van der Waals surface area contributed by atoms with Gasteiger partial charge < -0.3 is 24.7 Å². The van der Waals surface area contributed by atoms with Crippen LogP contribution in [-0.2, 0) is 4.79 Å². The number of hydrogen-bond donors (Lipinski definition) is 2. The minimum absolute atomic E-state index is 0.0863. The van der Waals surface area contributed by atoms with Crippen LogP contribution in [0.15, 0.2) is 40.8 Å². The van der Waals surface area contributed by atoms with Gasteiger partial charge in [0.05, 0.1) is 18.7 Å². The molecule has 1 aromatic heterocycles. The second-order valence-corrected chi connectivity index (χ2v) is 9.27.